The lowest BCUT2D eigenvalue weighted by molar-refractivity contribution is -0.138. The molecule has 0 radical (unpaired) electrons. The van der Waals surface area contributed by atoms with Gasteiger partial charge in [0.1, 0.15) is 6.04 Å². The molecule has 22 heavy (non-hydrogen) atoms. The van der Waals surface area contributed by atoms with Gasteiger partial charge >= 0.3 is 5.97 Å². The second-order valence-electron chi connectivity index (χ2n) is 5.51. The van der Waals surface area contributed by atoms with Gasteiger partial charge in [-0.1, -0.05) is 36.4 Å². The summed E-state index contributed by atoms with van der Waals surface area (Å²) in [6, 6.07) is 15.5. The number of hydrogen-bond donors (Lipinski definition) is 2. The summed E-state index contributed by atoms with van der Waals surface area (Å²) in [7, 11) is 1.96. The monoisotopic (exact) mass is 294 g/mol. The van der Waals surface area contributed by atoms with Crippen molar-refractivity contribution in [2.45, 2.75) is 12.5 Å². The predicted octanol–water partition coefficient (Wildman–Crippen LogP) is 2.80. The minimum absolute atomic E-state index is 0.324. The summed E-state index contributed by atoms with van der Waals surface area (Å²) in [4.78, 5) is 11.0. The van der Waals surface area contributed by atoms with Crippen molar-refractivity contribution in [3.05, 3.63) is 60.3 Å². The summed E-state index contributed by atoms with van der Waals surface area (Å²) in [6.07, 6.45) is 2.28. The Morgan fingerprint density at radius 2 is 1.91 bits per heavy atom. The Balaban J connectivity index is 2.08. The van der Waals surface area contributed by atoms with E-state index in [1.165, 1.54) is 0 Å². The van der Waals surface area contributed by atoms with Crippen LogP contribution in [0.4, 0.5) is 0 Å². The van der Waals surface area contributed by atoms with Crippen LogP contribution in [0.2, 0.25) is 0 Å². The van der Waals surface area contributed by atoms with Crippen molar-refractivity contribution in [3.63, 3.8) is 0 Å². The summed E-state index contributed by atoms with van der Waals surface area (Å²) in [5.41, 5.74) is 9.98. The molecule has 4 nitrogen and oxygen atoms in total. The Labute approximate surface area is 128 Å². The zero-order valence-corrected chi connectivity index (χ0v) is 12.4. The molecule has 1 heterocycles. The van der Waals surface area contributed by atoms with Gasteiger partial charge in [0.05, 0.1) is 0 Å². The molecule has 0 bridgehead atoms. The number of aryl methyl sites for hydroxylation is 1. The van der Waals surface area contributed by atoms with Crippen molar-refractivity contribution in [1.82, 2.24) is 4.57 Å². The maximum Gasteiger partial charge on any atom is 0.320 e. The molecule has 3 N–H and O–H groups in total. The second-order valence-corrected chi connectivity index (χ2v) is 5.51. The van der Waals surface area contributed by atoms with Crippen LogP contribution in [0.1, 0.15) is 5.56 Å². The van der Waals surface area contributed by atoms with E-state index in [-0.39, 0.29) is 0 Å². The summed E-state index contributed by atoms with van der Waals surface area (Å²) in [5, 5.41) is 10.1. The van der Waals surface area contributed by atoms with E-state index in [1.807, 2.05) is 36.0 Å². The molecule has 3 rings (SSSR count). The maximum absolute atomic E-state index is 11.0. The molecule has 0 aliphatic heterocycles. The van der Waals surface area contributed by atoms with Crippen LogP contribution in [0, 0.1) is 0 Å². The summed E-state index contributed by atoms with van der Waals surface area (Å²) < 4.78 is 2.01. The van der Waals surface area contributed by atoms with Crippen LogP contribution >= 0.6 is 0 Å². The van der Waals surface area contributed by atoms with E-state index < -0.39 is 12.0 Å². The fourth-order valence-electron chi connectivity index (χ4n) is 2.77. The lowest BCUT2D eigenvalue weighted by Gasteiger charge is -2.06. The Morgan fingerprint density at radius 1 is 1.18 bits per heavy atom. The highest BCUT2D eigenvalue weighted by atomic mass is 16.4. The molecule has 0 saturated carbocycles. The molecule has 4 heteroatoms. The molecule has 0 aliphatic rings. The molecule has 3 aromatic rings. The number of rotatable bonds is 4. The zero-order chi connectivity index (χ0) is 15.7. The summed E-state index contributed by atoms with van der Waals surface area (Å²) in [6.45, 7) is 0. The molecule has 112 valence electrons. The lowest BCUT2D eigenvalue weighted by atomic mass is 10.0. The molecule has 0 amide bonds. The van der Waals surface area contributed by atoms with E-state index >= 15 is 0 Å². The minimum Gasteiger partial charge on any atom is -0.480 e. The Morgan fingerprint density at radius 3 is 2.59 bits per heavy atom. The molecule has 0 spiro atoms. The number of nitrogens with zero attached hydrogens (tertiary/aromatic N) is 1. The van der Waals surface area contributed by atoms with E-state index in [2.05, 4.69) is 30.3 Å². The van der Waals surface area contributed by atoms with Crippen LogP contribution in [0.5, 0.6) is 0 Å². The summed E-state index contributed by atoms with van der Waals surface area (Å²) in [5.74, 6) is -0.976. The molecule has 1 atom stereocenters. The fourth-order valence-corrected chi connectivity index (χ4v) is 2.77. The average Bonchev–Trinajstić information content (AvgIpc) is 2.84. The molecule has 2 aromatic carbocycles. The van der Waals surface area contributed by atoms with Gasteiger partial charge in [-0.15, -0.1) is 0 Å². The van der Waals surface area contributed by atoms with Crippen LogP contribution in [0.15, 0.2) is 54.7 Å². The van der Waals surface area contributed by atoms with E-state index in [1.54, 1.807) is 0 Å². The Bertz CT molecular complexity index is 822. The van der Waals surface area contributed by atoms with Crippen LogP contribution < -0.4 is 5.73 Å². The first kappa shape index (κ1) is 14.4. The van der Waals surface area contributed by atoms with Gasteiger partial charge in [-0.2, -0.15) is 0 Å². The van der Waals surface area contributed by atoms with Crippen LogP contribution in [0.25, 0.3) is 22.0 Å². The third-order valence-corrected chi connectivity index (χ3v) is 3.94. The van der Waals surface area contributed by atoms with Gasteiger partial charge in [-0.25, -0.2) is 0 Å². The topological polar surface area (TPSA) is 68.2 Å². The normalized spacial score (nSPS) is 12.5. The molecular formula is C18H18N2O2. The molecule has 0 fully saturated rings. The molecule has 0 aliphatic carbocycles. The number of benzene rings is 2. The minimum atomic E-state index is -0.976. The number of carbonyl (C=O) groups is 1. The van der Waals surface area contributed by atoms with Gasteiger partial charge in [0.2, 0.25) is 0 Å². The molecule has 0 saturated heterocycles. The average molecular weight is 294 g/mol. The number of aromatic nitrogens is 1. The van der Waals surface area contributed by atoms with Gasteiger partial charge in [0.25, 0.3) is 0 Å². The summed E-state index contributed by atoms with van der Waals surface area (Å²) >= 11 is 0. The van der Waals surface area contributed by atoms with Crippen molar-refractivity contribution in [1.29, 1.82) is 0 Å². The van der Waals surface area contributed by atoms with Crippen molar-refractivity contribution in [2.24, 2.45) is 12.8 Å². The Kier molecular flexibility index (Phi) is 3.69. The van der Waals surface area contributed by atoms with Crippen molar-refractivity contribution < 1.29 is 9.90 Å². The van der Waals surface area contributed by atoms with Crippen LogP contribution in [-0.2, 0) is 18.3 Å². The number of nitrogens with two attached hydrogens (primary N) is 1. The van der Waals surface area contributed by atoms with E-state index in [0.717, 1.165) is 27.6 Å². The maximum atomic E-state index is 11.0. The van der Waals surface area contributed by atoms with E-state index in [9.17, 15) is 4.79 Å². The SMILES string of the molecule is Cn1cc(CC(N)C(=O)O)c2cc(-c3ccccc3)ccc21. The first-order chi connectivity index (χ1) is 10.6. The number of carboxylic acid groups (broad SMARTS) is 1. The number of aliphatic carboxylic acids is 1. The number of carboxylic acids is 1. The second kappa shape index (κ2) is 5.66. The lowest BCUT2D eigenvalue weighted by Crippen LogP contribution is -2.32. The highest BCUT2D eigenvalue weighted by Crippen LogP contribution is 2.28. The third kappa shape index (κ3) is 2.61. The molecular weight excluding hydrogens is 276 g/mol. The molecule has 1 aromatic heterocycles. The quantitative estimate of drug-likeness (QED) is 0.777. The van der Waals surface area contributed by atoms with E-state index in [4.69, 9.17) is 10.8 Å². The molecule has 1 unspecified atom stereocenters. The Hall–Kier alpha value is -2.59. The van der Waals surface area contributed by atoms with Crippen LogP contribution in [0.3, 0.4) is 0 Å². The first-order valence-electron chi connectivity index (χ1n) is 7.18. The van der Waals surface area contributed by atoms with Gasteiger partial charge in [0.15, 0.2) is 0 Å². The third-order valence-electron chi connectivity index (χ3n) is 3.94. The largest absolute Gasteiger partial charge is 0.480 e. The number of hydrogen-bond acceptors (Lipinski definition) is 2. The van der Waals surface area contributed by atoms with Crippen LogP contribution in [-0.4, -0.2) is 21.7 Å². The smallest absolute Gasteiger partial charge is 0.320 e. The van der Waals surface area contributed by atoms with E-state index in [0.29, 0.717) is 6.42 Å². The van der Waals surface area contributed by atoms with Gasteiger partial charge in [0, 0.05) is 30.6 Å². The highest BCUT2D eigenvalue weighted by molar-refractivity contribution is 5.89. The predicted molar refractivity (Wildman–Crippen MR) is 87.7 cm³/mol. The van der Waals surface area contributed by atoms with Gasteiger partial charge in [-0.3, -0.25) is 4.79 Å². The van der Waals surface area contributed by atoms with Gasteiger partial charge < -0.3 is 15.4 Å². The fraction of sp³-hybridized carbons (Fsp3) is 0.167. The zero-order valence-electron chi connectivity index (χ0n) is 12.4. The van der Waals surface area contributed by atoms with Gasteiger partial charge in [-0.05, 0) is 28.8 Å². The first-order valence-corrected chi connectivity index (χ1v) is 7.18. The number of fused-ring (bicyclic) bond motifs is 1. The highest BCUT2D eigenvalue weighted by Gasteiger charge is 2.16. The van der Waals surface area contributed by atoms with Crippen molar-refractivity contribution >= 4 is 16.9 Å². The van der Waals surface area contributed by atoms with Crippen molar-refractivity contribution in [2.75, 3.05) is 0 Å². The van der Waals surface area contributed by atoms with Crippen molar-refractivity contribution in [3.8, 4) is 11.1 Å². The standard InChI is InChI=1S/C18H18N2O2/c1-20-11-14(10-16(19)18(21)22)15-9-13(7-8-17(15)20)12-5-3-2-4-6-12/h2-9,11,16H,10,19H2,1H3,(H,21,22).